The highest BCUT2D eigenvalue weighted by Gasteiger charge is 2.20. The summed E-state index contributed by atoms with van der Waals surface area (Å²) in [7, 11) is 0. The number of aromatic nitrogens is 1. The molecule has 22 heavy (non-hydrogen) atoms. The van der Waals surface area contributed by atoms with Gasteiger partial charge in [-0.2, -0.15) is 0 Å². The van der Waals surface area contributed by atoms with Gasteiger partial charge in [-0.05, 0) is 43.7 Å². The molecular formula is C16H13BrFNO3. The van der Waals surface area contributed by atoms with Crippen molar-refractivity contribution >= 4 is 33.8 Å². The summed E-state index contributed by atoms with van der Waals surface area (Å²) in [6, 6.07) is 4.52. The first kappa shape index (κ1) is 16.2. The van der Waals surface area contributed by atoms with Crippen LogP contribution in [0.1, 0.15) is 37.7 Å². The van der Waals surface area contributed by atoms with E-state index < -0.39 is 11.8 Å². The molecule has 114 valence electrons. The number of halogens is 2. The van der Waals surface area contributed by atoms with Gasteiger partial charge in [0, 0.05) is 21.3 Å². The number of ketones is 1. The normalized spacial score (nSPS) is 11.1. The van der Waals surface area contributed by atoms with E-state index in [0.29, 0.717) is 21.3 Å². The van der Waals surface area contributed by atoms with E-state index >= 15 is 0 Å². The van der Waals surface area contributed by atoms with Crippen LogP contribution in [0, 0.1) is 19.7 Å². The molecular weight excluding hydrogens is 353 g/mol. The van der Waals surface area contributed by atoms with E-state index in [1.807, 2.05) is 0 Å². The summed E-state index contributed by atoms with van der Waals surface area (Å²) in [5.74, 6) is -1.95. The fraction of sp³-hybridized carbons (Fsp3) is 0.125. The van der Waals surface area contributed by atoms with Crippen molar-refractivity contribution in [1.29, 1.82) is 0 Å². The third kappa shape index (κ3) is 3.17. The molecule has 1 aromatic heterocycles. The van der Waals surface area contributed by atoms with Crippen LogP contribution in [0.15, 0.2) is 28.7 Å². The maximum Gasteiger partial charge on any atom is 0.352 e. The molecule has 0 radical (unpaired) electrons. The Labute approximate surface area is 134 Å². The zero-order valence-electron chi connectivity index (χ0n) is 11.9. The third-order valence-electron chi connectivity index (χ3n) is 3.27. The molecule has 0 spiro atoms. The predicted molar refractivity (Wildman–Crippen MR) is 84.7 cm³/mol. The molecule has 0 fully saturated rings. The molecule has 2 rings (SSSR count). The lowest BCUT2D eigenvalue weighted by molar-refractivity contribution is 0.0690. The summed E-state index contributed by atoms with van der Waals surface area (Å²) in [6.45, 7) is 3.19. The van der Waals surface area contributed by atoms with E-state index in [9.17, 15) is 14.0 Å². The standard InChI is InChI=1S/C16H13BrFNO3/c1-8-14(9(2)19-15(8)16(21)22)13(20)6-4-10-3-5-11(17)7-12(10)18/h3-7,19H,1-2H3,(H,21,22)/b6-4+. The average Bonchev–Trinajstić information content (AvgIpc) is 2.73. The molecule has 0 bridgehead atoms. The second kappa shape index (κ2) is 6.27. The summed E-state index contributed by atoms with van der Waals surface area (Å²) >= 11 is 3.16. The Kier molecular flexibility index (Phi) is 4.61. The minimum Gasteiger partial charge on any atom is -0.477 e. The zero-order chi connectivity index (χ0) is 16.4. The number of aryl methyl sites for hydroxylation is 1. The Hall–Kier alpha value is -2.21. The van der Waals surface area contributed by atoms with E-state index in [4.69, 9.17) is 5.11 Å². The fourth-order valence-corrected chi connectivity index (χ4v) is 2.55. The van der Waals surface area contributed by atoms with E-state index in [1.165, 1.54) is 18.2 Å². The van der Waals surface area contributed by atoms with Crippen molar-refractivity contribution in [2.75, 3.05) is 0 Å². The quantitative estimate of drug-likeness (QED) is 0.632. The van der Waals surface area contributed by atoms with Crippen molar-refractivity contribution in [3.8, 4) is 0 Å². The number of carbonyl (C=O) groups is 2. The number of allylic oxidation sites excluding steroid dienone is 1. The molecule has 0 saturated heterocycles. The van der Waals surface area contributed by atoms with Crippen molar-refractivity contribution in [3.05, 3.63) is 62.6 Å². The Balaban J connectivity index is 2.33. The van der Waals surface area contributed by atoms with Gasteiger partial charge in [-0.3, -0.25) is 4.79 Å². The minimum absolute atomic E-state index is 0.0101. The van der Waals surface area contributed by atoms with E-state index in [-0.39, 0.29) is 17.0 Å². The zero-order valence-corrected chi connectivity index (χ0v) is 13.5. The number of hydrogen-bond donors (Lipinski definition) is 2. The lowest BCUT2D eigenvalue weighted by Crippen LogP contribution is -2.01. The molecule has 0 amide bonds. The van der Waals surface area contributed by atoms with Crippen LogP contribution in [0.3, 0.4) is 0 Å². The maximum absolute atomic E-state index is 13.7. The van der Waals surface area contributed by atoms with Gasteiger partial charge < -0.3 is 10.1 Å². The van der Waals surface area contributed by atoms with Gasteiger partial charge >= 0.3 is 5.97 Å². The van der Waals surface area contributed by atoms with Gasteiger partial charge in [-0.1, -0.05) is 22.0 Å². The van der Waals surface area contributed by atoms with Crippen molar-refractivity contribution in [2.24, 2.45) is 0 Å². The van der Waals surface area contributed by atoms with Gasteiger partial charge in [0.15, 0.2) is 5.78 Å². The van der Waals surface area contributed by atoms with Crippen LogP contribution < -0.4 is 0 Å². The van der Waals surface area contributed by atoms with Crippen LogP contribution >= 0.6 is 15.9 Å². The number of benzene rings is 1. The van der Waals surface area contributed by atoms with Crippen molar-refractivity contribution in [3.63, 3.8) is 0 Å². The van der Waals surface area contributed by atoms with Crippen LogP contribution in [0.5, 0.6) is 0 Å². The Morgan fingerprint density at radius 2 is 2.00 bits per heavy atom. The number of rotatable bonds is 4. The number of hydrogen-bond acceptors (Lipinski definition) is 2. The summed E-state index contributed by atoms with van der Waals surface area (Å²) < 4.78 is 14.3. The molecule has 6 heteroatoms. The number of aromatic amines is 1. The van der Waals surface area contributed by atoms with E-state index in [1.54, 1.807) is 26.0 Å². The SMILES string of the molecule is Cc1[nH]c(C(=O)O)c(C)c1C(=O)/C=C/c1ccc(Br)cc1F. The Morgan fingerprint density at radius 3 is 2.55 bits per heavy atom. The molecule has 4 nitrogen and oxygen atoms in total. The highest BCUT2D eigenvalue weighted by atomic mass is 79.9. The summed E-state index contributed by atoms with van der Waals surface area (Å²) in [5, 5.41) is 9.04. The van der Waals surface area contributed by atoms with Crippen molar-refractivity contribution in [1.82, 2.24) is 4.98 Å². The molecule has 2 aromatic rings. The van der Waals surface area contributed by atoms with Crippen LogP contribution in [-0.4, -0.2) is 21.8 Å². The first-order valence-corrected chi connectivity index (χ1v) is 7.20. The third-order valence-corrected chi connectivity index (χ3v) is 3.77. The van der Waals surface area contributed by atoms with Gasteiger partial charge in [-0.25, -0.2) is 9.18 Å². The Morgan fingerprint density at radius 1 is 1.32 bits per heavy atom. The van der Waals surface area contributed by atoms with Gasteiger partial charge in [-0.15, -0.1) is 0 Å². The molecule has 0 unspecified atom stereocenters. The number of carbonyl (C=O) groups excluding carboxylic acids is 1. The van der Waals surface area contributed by atoms with Gasteiger partial charge in [0.1, 0.15) is 11.5 Å². The van der Waals surface area contributed by atoms with Crippen LogP contribution in [-0.2, 0) is 0 Å². The second-order valence-electron chi connectivity index (χ2n) is 4.79. The van der Waals surface area contributed by atoms with Crippen LogP contribution in [0.25, 0.3) is 6.08 Å². The maximum atomic E-state index is 13.7. The number of aromatic carboxylic acids is 1. The average molecular weight is 366 g/mol. The number of nitrogens with one attached hydrogen (secondary N) is 1. The molecule has 0 aliphatic carbocycles. The fourth-order valence-electron chi connectivity index (χ4n) is 2.22. The smallest absolute Gasteiger partial charge is 0.352 e. The van der Waals surface area contributed by atoms with Gasteiger partial charge in [0.2, 0.25) is 0 Å². The largest absolute Gasteiger partial charge is 0.477 e. The molecule has 1 aromatic carbocycles. The van der Waals surface area contributed by atoms with Gasteiger partial charge in [0.25, 0.3) is 0 Å². The first-order chi connectivity index (χ1) is 10.3. The number of carboxylic acids is 1. The molecule has 0 atom stereocenters. The number of H-pyrrole nitrogens is 1. The minimum atomic E-state index is -1.12. The highest BCUT2D eigenvalue weighted by molar-refractivity contribution is 9.10. The molecule has 0 saturated carbocycles. The highest BCUT2D eigenvalue weighted by Crippen LogP contribution is 2.20. The molecule has 0 aliphatic rings. The first-order valence-electron chi connectivity index (χ1n) is 6.41. The molecule has 1 heterocycles. The summed E-state index contributed by atoms with van der Waals surface area (Å²) in [4.78, 5) is 26.0. The molecule has 2 N–H and O–H groups in total. The van der Waals surface area contributed by atoms with Crippen molar-refractivity contribution < 1.29 is 19.1 Å². The monoisotopic (exact) mass is 365 g/mol. The summed E-state index contributed by atoms with van der Waals surface area (Å²) in [5.41, 5.74) is 1.41. The second-order valence-corrected chi connectivity index (χ2v) is 5.71. The Bertz CT molecular complexity index is 793. The lowest BCUT2D eigenvalue weighted by atomic mass is 10.0. The van der Waals surface area contributed by atoms with Crippen LogP contribution in [0.4, 0.5) is 4.39 Å². The lowest BCUT2D eigenvalue weighted by Gasteiger charge is -1.99. The van der Waals surface area contributed by atoms with Gasteiger partial charge in [0.05, 0.1) is 0 Å². The number of carboxylic acid groups (broad SMARTS) is 1. The predicted octanol–water partition coefficient (Wildman–Crippen LogP) is 4.13. The topological polar surface area (TPSA) is 70.2 Å². The van der Waals surface area contributed by atoms with E-state index in [0.717, 1.165) is 0 Å². The van der Waals surface area contributed by atoms with Crippen LogP contribution in [0.2, 0.25) is 0 Å². The summed E-state index contributed by atoms with van der Waals surface area (Å²) in [6.07, 6.45) is 2.61. The van der Waals surface area contributed by atoms with Crippen molar-refractivity contribution in [2.45, 2.75) is 13.8 Å². The van der Waals surface area contributed by atoms with E-state index in [2.05, 4.69) is 20.9 Å². The molecule has 0 aliphatic heterocycles.